The lowest BCUT2D eigenvalue weighted by Crippen LogP contribution is -2.60. The van der Waals surface area contributed by atoms with Crippen LogP contribution in [0.1, 0.15) is 17.2 Å². The monoisotopic (exact) mass is 784 g/mol. The van der Waals surface area contributed by atoms with Crippen molar-refractivity contribution in [2.24, 2.45) is 0 Å². The molecule has 0 amide bonds. The number of fused-ring (bicyclic) bond motifs is 2. The Kier molecular flexibility index (Phi) is 9.19. The van der Waals surface area contributed by atoms with Crippen LogP contribution in [-0.4, -0.2) is 120 Å². The molecule has 1 saturated heterocycles. The predicted molar refractivity (Wildman–Crippen MR) is 184 cm³/mol. The van der Waals surface area contributed by atoms with Gasteiger partial charge in [-0.05, 0) is 12.1 Å². The largest absolute Gasteiger partial charge is 0.508 e. The normalized spacial score (nSPS) is 23.4. The summed E-state index contributed by atoms with van der Waals surface area (Å²) in [4.78, 5) is 14.2. The van der Waals surface area contributed by atoms with Gasteiger partial charge in [0.15, 0.2) is 34.9 Å². The second kappa shape index (κ2) is 13.6. The summed E-state index contributed by atoms with van der Waals surface area (Å²) < 4.78 is 22.9. The number of phenolic OH excluding ortho intramolecular Hbond substituents is 10. The molecule has 0 spiro atoms. The number of hydrogen-bond acceptors (Lipinski definition) is 20. The predicted octanol–water partition coefficient (Wildman–Crippen LogP) is 0.399. The van der Waals surface area contributed by atoms with Crippen LogP contribution in [0.5, 0.6) is 69.0 Å². The van der Waals surface area contributed by atoms with Crippen molar-refractivity contribution >= 4 is 11.0 Å². The van der Waals surface area contributed by atoms with E-state index in [4.69, 9.17) is 18.6 Å². The summed E-state index contributed by atoms with van der Waals surface area (Å²) in [5.74, 6) is -11.9. The average molecular weight is 785 g/mol. The molecule has 56 heavy (non-hydrogen) atoms. The van der Waals surface area contributed by atoms with Crippen LogP contribution in [0.2, 0.25) is 0 Å². The van der Waals surface area contributed by atoms with E-state index in [1.165, 1.54) is 0 Å². The van der Waals surface area contributed by atoms with Crippen molar-refractivity contribution in [2.75, 3.05) is 6.61 Å². The highest BCUT2D eigenvalue weighted by molar-refractivity contribution is 5.97. The summed E-state index contributed by atoms with van der Waals surface area (Å²) >= 11 is 0. The van der Waals surface area contributed by atoms with E-state index in [2.05, 4.69) is 0 Å². The Balaban J connectivity index is 1.54. The van der Waals surface area contributed by atoms with Crippen LogP contribution in [0, 0.1) is 0 Å². The molecule has 2 aliphatic rings. The van der Waals surface area contributed by atoms with Crippen molar-refractivity contribution in [1.82, 2.24) is 0 Å². The van der Waals surface area contributed by atoms with Gasteiger partial charge in [0, 0.05) is 58.5 Å². The Morgan fingerprint density at radius 2 is 1.30 bits per heavy atom. The van der Waals surface area contributed by atoms with Gasteiger partial charge in [-0.1, -0.05) is 0 Å². The molecule has 0 bridgehead atoms. The van der Waals surface area contributed by atoms with Crippen molar-refractivity contribution < 1.29 is 95.2 Å². The number of aromatic hydroxyl groups is 10. The maximum absolute atomic E-state index is 14.2. The molecule has 20 heteroatoms. The zero-order valence-corrected chi connectivity index (χ0v) is 28.2. The van der Waals surface area contributed by atoms with Crippen LogP contribution in [-0.2, 0) is 11.2 Å². The number of benzene rings is 4. The summed E-state index contributed by atoms with van der Waals surface area (Å²) in [6, 6.07) is 5.06. The Morgan fingerprint density at radius 3 is 1.98 bits per heavy atom. The Bertz CT molecular complexity index is 2460. The first-order chi connectivity index (χ1) is 26.4. The molecular formula is C36H32O20. The lowest BCUT2D eigenvalue weighted by Gasteiger charge is -2.39. The van der Waals surface area contributed by atoms with Gasteiger partial charge >= 0.3 is 0 Å². The van der Waals surface area contributed by atoms with Crippen LogP contribution in [0.4, 0.5) is 0 Å². The second-order valence-corrected chi connectivity index (χ2v) is 13.1. The Hall–Kier alpha value is -6.55. The molecule has 4 aromatic carbocycles. The van der Waals surface area contributed by atoms with Gasteiger partial charge in [-0.15, -0.1) is 0 Å². The van der Waals surface area contributed by atoms with E-state index < -0.39 is 157 Å². The van der Waals surface area contributed by atoms with E-state index >= 15 is 0 Å². The van der Waals surface area contributed by atoms with Gasteiger partial charge in [0.2, 0.25) is 29.0 Å². The highest BCUT2D eigenvalue weighted by Crippen LogP contribution is 2.58. The van der Waals surface area contributed by atoms with Crippen LogP contribution in [0.15, 0.2) is 45.6 Å². The van der Waals surface area contributed by atoms with E-state index in [1.807, 2.05) is 0 Å². The zero-order chi connectivity index (χ0) is 40.7. The lowest BCUT2D eigenvalue weighted by atomic mass is 9.85. The van der Waals surface area contributed by atoms with Gasteiger partial charge in [0.05, 0.1) is 12.7 Å². The summed E-state index contributed by atoms with van der Waals surface area (Å²) in [6.45, 7) is -0.931. The van der Waals surface area contributed by atoms with E-state index in [9.17, 15) is 81.4 Å². The molecule has 1 aromatic heterocycles. The topological polar surface area (TPSA) is 361 Å². The van der Waals surface area contributed by atoms with Crippen molar-refractivity contribution in [3.63, 3.8) is 0 Å². The summed E-state index contributed by atoms with van der Waals surface area (Å²) in [7, 11) is 0. The highest BCUT2D eigenvalue weighted by atomic mass is 16.7. The van der Waals surface area contributed by atoms with Crippen LogP contribution >= 0.6 is 0 Å². The van der Waals surface area contributed by atoms with Crippen molar-refractivity contribution in [1.29, 1.82) is 0 Å². The van der Waals surface area contributed by atoms with Gasteiger partial charge in [-0.2, -0.15) is 0 Å². The maximum atomic E-state index is 14.2. The Morgan fingerprint density at radius 1 is 0.679 bits per heavy atom. The third kappa shape index (κ3) is 5.92. The molecule has 296 valence electrons. The quantitative estimate of drug-likeness (QED) is 0.104. The van der Waals surface area contributed by atoms with Gasteiger partial charge in [0.1, 0.15) is 64.1 Å². The molecule has 0 saturated carbocycles. The molecule has 2 aliphatic heterocycles. The third-order valence-corrected chi connectivity index (χ3v) is 9.53. The summed E-state index contributed by atoms with van der Waals surface area (Å²) in [6.07, 6.45) is -13.5. The highest BCUT2D eigenvalue weighted by Gasteiger charge is 2.46. The van der Waals surface area contributed by atoms with Crippen molar-refractivity contribution in [3.05, 3.63) is 57.7 Å². The standard InChI is InChI=1S/C36H32O20/c37-8-21-27(47)31(51)32(52)36(55-21)56-35-30(50)24-15(41)2-10(39)4-20(24)54-34(35)13-7-17(43)26(46)29(49)23(13)22-12(6-16(42)25(45)28(22)48)33-18(44)5-11-14(40)1-9(38)3-19(11)53-33/h1-4,6-7,18,21,27,31-33,36-49,51-52H,5,8H2/t18-,21-,27-,31+,32-,33-,36+/m1/s1. The molecule has 5 aromatic rings. The zero-order valence-electron chi connectivity index (χ0n) is 28.2. The third-order valence-electron chi connectivity index (χ3n) is 9.53. The number of hydrogen-bond donors (Lipinski definition) is 15. The Labute approximate surface area is 311 Å². The first-order valence-electron chi connectivity index (χ1n) is 16.4. The smallest absolute Gasteiger partial charge is 0.239 e. The SMILES string of the molecule is O=c1c(O[C@@H]2O[C@H](CO)[C@@H](O)[C@H](O)[C@H]2O)c(-c2cc(O)c(O)c(O)c2-c2c([C@H]3Oc4cc(O)cc(O)c4C[C@H]3O)cc(O)c(O)c2O)oc2cc(O)cc(O)c12. The number of phenols is 10. The minimum absolute atomic E-state index is 0.0329. The van der Waals surface area contributed by atoms with E-state index in [0.29, 0.717) is 6.07 Å². The van der Waals surface area contributed by atoms with Gasteiger partial charge < -0.3 is 95.2 Å². The first kappa shape index (κ1) is 37.8. The van der Waals surface area contributed by atoms with Gasteiger partial charge in [0.25, 0.3) is 0 Å². The fourth-order valence-electron chi connectivity index (χ4n) is 6.79. The lowest BCUT2D eigenvalue weighted by molar-refractivity contribution is -0.277. The number of rotatable bonds is 6. The van der Waals surface area contributed by atoms with Crippen LogP contribution in [0.3, 0.4) is 0 Å². The van der Waals surface area contributed by atoms with E-state index in [1.54, 1.807) is 0 Å². The minimum atomic E-state index is -2.15. The van der Waals surface area contributed by atoms with E-state index in [-0.39, 0.29) is 17.7 Å². The number of aliphatic hydroxyl groups excluding tert-OH is 5. The number of ether oxygens (including phenoxy) is 3. The van der Waals surface area contributed by atoms with Gasteiger partial charge in [-0.25, -0.2) is 0 Å². The van der Waals surface area contributed by atoms with Crippen LogP contribution < -0.4 is 14.9 Å². The summed E-state index contributed by atoms with van der Waals surface area (Å²) in [5.41, 5.74) is -4.72. The molecule has 0 radical (unpaired) electrons. The summed E-state index contributed by atoms with van der Waals surface area (Å²) in [5, 5.41) is 159. The van der Waals surface area contributed by atoms with Crippen molar-refractivity contribution in [2.45, 2.75) is 49.3 Å². The molecule has 20 nitrogen and oxygen atoms in total. The number of aliphatic hydroxyl groups is 5. The molecule has 0 aliphatic carbocycles. The van der Waals surface area contributed by atoms with Crippen molar-refractivity contribution in [3.8, 4) is 91.4 Å². The second-order valence-electron chi connectivity index (χ2n) is 13.1. The average Bonchev–Trinajstić information content (AvgIpc) is 3.14. The fraction of sp³-hybridized carbons (Fsp3) is 0.250. The molecular weight excluding hydrogens is 752 g/mol. The molecule has 15 N–H and O–H groups in total. The molecule has 7 rings (SSSR count). The van der Waals surface area contributed by atoms with Gasteiger partial charge in [-0.3, -0.25) is 4.79 Å². The molecule has 0 unspecified atom stereocenters. The van der Waals surface area contributed by atoms with E-state index in [0.717, 1.165) is 30.3 Å². The van der Waals surface area contributed by atoms with Crippen LogP contribution in [0.25, 0.3) is 33.4 Å². The first-order valence-corrected chi connectivity index (χ1v) is 16.4. The molecule has 1 fully saturated rings. The molecule has 7 atom stereocenters. The maximum Gasteiger partial charge on any atom is 0.239 e. The fourth-order valence-corrected chi connectivity index (χ4v) is 6.79. The minimum Gasteiger partial charge on any atom is -0.508 e. The molecule has 3 heterocycles.